The molecule has 17 heteroatoms. The molecule has 0 saturated carbocycles. The quantitative estimate of drug-likeness (QED) is 0.0332. The minimum atomic E-state index is -1.15. The zero-order chi connectivity index (χ0) is 41.7. The number of rotatable bonds is 28. The molecule has 0 bridgehead atoms. The normalized spacial score (nSPS) is 12.0. The first-order valence-corrected chi connectivity index (χ1v) is 18.3. The predicted octanol–water partition coefficient (Wildman–Crippen LogP) is 2.45. The molecule has 0 aliphatic carbocycles. The molecule has 0 radical (unpaired) electrons. The maximum absolute atomic E-state index is 13.3. The zero-order valence-electron chi connectivity index (χ0n) is 34.1. The summed E-state index contributed by atoms with van der Waals surface area (Å²) in [5, 5.41) is 13.0. The van der Waals surface area contributed by atoms with Crippen LogP contribution in [0.4, 0.5) is 0 Å². The summed E-state index contributed by atoms with van der Waals surface area (Å²) in [6.45, 7) is 24.4. The zero-order valence-corrected chi connectivity index (χ0v) is 36.5. The smallest absolute Gasteiger partial charge is 0.306 e. The second kappa shape index (κ2) is 30.1. The second-order valence-corrected chi connectivity index (χ2v) is 14.2. The molecule has 0 heterocycles. The van der Waals surface area contributed by atoms with Crippen molar-refractivity contribution in [3.63, 3.8) is 0 Å². The Kier molecular flexibility index (Phi) is 29.5. The first kappa shape index (κ1) is 54.0. The predicted molar refractivity (Wildman–Crippen MR) is 204 cm³/mol. The van der Waals surface area contributed by atoms with Gasteiger partial charge in [0.1, 0.15) is 19.3 Å². The molecule has 0 aliphatic rings. The van der Waals surface area contributed by atoms with Crippen molar-refractivity contribution in [1.82, 2.24) is 26.6 Å². The number of ether oxygens (including phenoxy) is 4. The molecule has 2 atom stereocenters. The number of hydrogen-bond acceptors (Lipinski definition) is 11. The van der Waals surface area contributed by atoms with Crippen molar-refractivity contribution in [3.05, 3.63) is 25.3 Å². The van der Waals surface area contributed by atoms with E-state index in [1.165, 1.54) is 12.5 Å². The monoisotopic (exact) mass is 1030 g/mol. The topological polar surface area (TPSA) is 217 Å². The van der Waals surface area contributed by atoms with Crippen LogP contribution in [0.1, 0.15) is 107 Å². The summed E-state index contributed by atoms with van der Waals surface area (Å²) in [5.74, 6) is -2.99. The van der Waals surface area contributed by atoms with Gasteiger partial charge in [-0.2, -0.15) is 6.41 Å². The van der Waals surface area contributed by atoms with E-state index in [0.717, 1.165) is 0 Å². The average molecular weight is 1030 g/mol. The van der Waals surface area contributed by atoms with E-state index >= 15 is 0 Å². The van der Waals surface area contributed by atoms with Gasteiger partial charge in [-0.05, 0) is 81.1 Å². The third kappa shape index (κ3) is 30.8. The molecule has 0 spiro atoms. The number of amides is 5. The molecule has 0 saturated heterocycles. The largest absolute Gasteiger partial charge is 0.520 e. The Balaban J connectivity index is -0.00000268. The Bertz CT molecular complexity index is 1200. The number of hydrogen-bond donors (Lipinski definition) is 5. The number of nitrogens with one attached hydrogen (secondary N) is 5. The van der Waals surface area contributed by atoms with Crippen molar-refractivity contribution in [2.45, 2.75) is 143 Å². The molecule has 0 aromatic rings. The van der Waals surface area contributed by atoms with E-state index < -0.39 is 53.4 Å². The Labute approximate surface area is 321 Å². The van der Waals surface area contributed by atoms with Crippen LogP contribution in [0.3, 0.4) is 0 Å². The summed E-state index contributed by atoms with van der Waals surface area (Å²) in [6.07, 6.45) is 5.65. The SMILES string of the molecule is C=CCOC(=O)CC.C=CCOC(=O)CCC(N[C-]=O)C(=O)NCC(=O)NC(CCC(=O)NC(C)(C)CCOC(C)C)C(=O)NC(C)(C)CCOC(C)C.[Fm]. The maximum atomic E-state index is 13.3. The number of carbonyl (C=O) groups is 6. The fraction of sp³-hybridized carbons (Fsp3) is 0.711. The first-order chi connectivity index (χ1) is 25.2. The van der Waals surface area contributed by atoms with Gasteiger partial charge >= 0.3 is 11.9 Å². The standard InChI is InChI=1S/C32H56N5O9.C6H10O2.Fm/c1-10-17-46-28(41)14-12-24(34-21-38)29(42)33-20-27(40)35-25(30(43)37-32(8,9)16-19-45-23(4)5)11-13-26(39)36-31(6,7)15-18-44-22(2)3;1-3-5-8-6(7)4-2;/h10,22-25H,1,11-20H2,2-9H3,(H,33,42)(H,34,38)(H,35,40)(H,36,39)(H,37,43);3H,1,4-5H2,2H3;/q-1;;. The van der Waals surface area contributed by atoms with E-state index in [9.17, 15) is 33.6 Å². The van der Waals surface area contributed by atoms with Crippen LogP contribution in [0.5, 0.6) is 0 Å². The van der Waals surface area contributed by atoms with Crippen molar-refractivity contribution < 1.29 is 52.5 Å². The molecule has 0 aromatic heterocycles. The molecule has 0 fully saturated rings. The molecular formula is C38H66FmN5O11-. The summed E-state index contributed by atoms with van der Waals surface area (Å²) >= 11 is 0. The summed E-state index contributed by atoms with van der Waals surface area (Å²) in [4.78, 5) is 84.6. The summed E-state index contributed by atoms with van der Waals surface area (Å²) in [6, 6.07) is -2.24. The van der Waals surface area contributed by atoms with Crippen LogP contribution in [-0.4, -0.2) is 110 Å². The molecule has 5 N–H and O–H groups in total. The van der Waals surface area contributed by atoms with Crippen LogP contribution in [0, 0.1) is 0 Å². The minimum absolute atomic E-state index is 0. The minimum Gasteiger partial charge on any atom is -0.520 e. The van der Waals surface area contributed by atoms with Crippen LogP contribution < -0.4 is 26.6 Å². The third-order valence-electron chi connectivity index (χ3n) is 7.23. The van der Waals surface area contributed by atoms with Crippen LogP contribution in [0.25, 0.3) is 0 Å². The van der Waals surface area contributed by atoms with Crippen molar-refractivity contribution >= 4 is 42.0 Å². The van der Waals surface area contributed by atoms with Gasteiger partial charge in [0.25, 0.3) is 0 Å². The second-order valence-electron chi connectivity index (χ2n) is 14.2. The Morgan fingerprint density at radius 1 is 0.709 bits per heavy atom. The van der Waals surface area contributed by atoms with Gasteiger partial charge in [-0.3, -0.25) is 28.8 Å². The fourth-order valence-electron chi connectivity index (χ4n) is 4.25. The number of carbonyl (C=O) groups excluding carboxylic acids is 7. The fourth-order valence-corrected chi connectivity index (χ4v) is 4.25. The average Bonchev–Trinajstić information content (AvgIpc) is 3.07. The van der Waals surface area contributed by atoms with Gasteiger partial charge in [0.15, 0.2) is 0 Å². The van der Waals surface area contributed by atoms with E-state index in [1.54, 1.807) is 13.0 Å². The van der Waals surface area contributed by atoms with Crippen LogP contribution in [0.2, 0.25) is 0 Å². The van der Waals surface area contributed by atoms with Crippen molar-refractivity contribution in [2.24, 2.45) is 0 Å². The molecule has 16 nitrogen and oxygen atoms in total. The van der Waals surface area contributed by atoms with E-state index in [4.69, 9.17) is 14.2 Å². The maximum Gasteiger partial charge on any atom is 0.306 e. The Hall–Kier alpha value is -5.31. The first-order valence-electron chi connectivity index (χ1n) is 18.3. The van der Waals surface area contributed by atoms with Gasteiger partial charge in [-0.25, -0.2) is 0 Å². The van der Waals surface area contributed by atoms with Gasteiger partial charge < -0.3 is 50.3 Å². The van der Waals surface area contributed by atoms with Gasteiger partial charge in [-0.15, -0.1) is 0 Å². The summed E-state index contributed by atoms with van der Waals surface area (Å²) < 4.78 is 20.6. The Morgan fingerprint density at radius 3 is 1.67 bits per heavy atom. The van der Waals surface area contributed by atoms with Crippen LogP contribution in [-0.2, 0) is 52.5 Å². The molecule has 55 heavy (non-hydrogen) atoms. The molecule has 0 aliphatic heterocycles. The van der Waals surface area contributed by atoms with Crippen molar-refractivity contribution in [3.8, 4) is 0 Å². The van der Waals surface area contributed by atoms with E-state index in [1.807, 2.05) is 55.4 Å². The van der Waals surface area contributed by atoms with Crippen LogP contribution in [0.15, 0.2) is 25.3 Å². The third-order valence-corrected chi connectivity index (χ3v) is 7.23. The van der Waals surface area contributed by atoms with Gasteiger partial charge in [0, 0.05) is 43.6 Å². The van der Waals surface area contributed by atoms with Crippen molar-refractivity contribution in [1.29, 1.82) is 0 Å². The van der Waals surface area contributed by atoms with E-state index in [-0.39, 0.29) is 56.4 Å². The molecular weight excluding hydrogens is 959 g/mol. The van der Waals surface area contributed by atoms with Gasteiger partial charge in [-0.1, -0.05) is 32.2 Å². The van der Waals surface area contributed by atoms with E-state index in [2.05, 4.69) is 44.5 Å². The summed E-state index contributed by atoms with van der Waals surface area (Å²) in [7, 11) is 0. The molecule has 322 valence electrons. The van der Waals surface area contributed by atoms with Crippen molar-refractivity contribution in [2.75, 3.05) is 33.0 Å². The van der Waals surface area contributed by atoms with E-state index in [0.29, 0.717) is 39.1 Å². The summed E-state index contributed by atoms with van der Waals surface area (Å²) in [5.41, 5.74) is -1.23. The van der Waals surface area contributed by atoms with Crippen LogP contribution >= 0.6 is 0 Å². The van der Waals surface area contributed by atoms with Gasteiger partial charge in [0.05, 0.1) is 24.8 Å². The molecule has 0 aromatic carbocycles. The molecule has 0 rings (SSSR count). The Morgan fingerprint density at radius 2 is 1.20 bits per heavy atom. The van der Waals surface area contributed by atoms with Gasteiger partial charge in [0.2, 0.25) is 23.6 Å². The number of esters is 2. The molecule has 5 amide bonds. The molecule has 2 unspecified atom stereocenters.